The molecule has 1 N–H and O–H groups in total. The monoisotopic (exact) mass is 320 g/mol. The Morgan fingerprint density at radius 2 is 1.81 bits per heavy atom. The number of nitrogens with zero attached hydrogens (tertiary/aromatic N) is 1. The molecule has 0 atom stereocenters. The quantitative estimate of drug-likeness (QED) is 0.795. The molecule has 2 nitrogen and oxygen atoms in total. The van der Waals surface area contributed by atoms with Crippen LogP contribution in [-0.4, -0.2) is 12.4 Å². The lowest BCUT2D eigenvalue weighted by molar-refractivity contribution is 0.707. The molecule has 1 aromatic carbocycles. The molecule has 1 aliphatic rings. The summed E-state index contributed by atoms with van der Waals surface area (Å²) >= 11 is 15.7. The number of anilines is 1. The Bertz CT molecular complexity index is 411. The predicted molar refractivity (Wildman–Crippen MR) is 73.1 cm³/mol. The van der Waals surface area contributed by atoms with E-state index in [4.69, 9.17) is 28.6 Å². The van der Waals surface area contributed by atoms with Crippen LogP contribution in [0, 0.1) is 5.41 Å². The van der Waals surface area contributed by atoms with Crippen molar-refractivity contribution in [3.05, 3.63) is 26.7 Å². The van der Waals surface area contributed by atoms with Gasteiger partial charge in [-0.3, -0.25) is 5.41 Å². The fourth-order valence-electron chi connectivity index (χ4n) is 1.87. The van der Waals surface area contributed by atoms with E-state index in [9.17, 15) is 0 Å². The van der Waals surface area contributed by atoms with E-state index in [1.54, 1.807) is 0 Å². The van der Waals surface area contributed by atoms with E-state index >= 15 is 0 Å². The van der Waals surface area contributed by atoms with Gasteiger partial charge in [-0.1, -0.05) is 39.1 Å². The van der Waals surface area contributed by atoms with Crippen LogP contribution in [0.25, 0.3) is 0 Å². The summed E-state index contributed by atoms with van der Waals surface area (Å²) in [7, 11) is 0. The van der Waals surface area contributed by atoms with Crippen LogP contribution in [0.1, 0.15) is 19.3 Å². The summed E-state index contributed by atoms with van der Waals surface area (Å²) in [5.41, 5.74) is 0.760. The van der Waals surface area contributed by atoms with Crippen LogP contribution in [0.15, 0.2) is 16.6 Å². The zero-order valence-corrected chi connectivity index (χ0v) is 11.7. The van der Waals surface area contributed by atoms with Gasteiger partial charge in [-0.05, 0) is 25.0 Å². The Labute approximate surface area is 113 Å². The molecule has 2 rings (SSSR count). The highest BCUT2D eigenvalue weighted by atomic mass is 79.9. The maximum absolute atomic E-state index is 7.93. The lowest BCUT2D eigenvalue weighted by Crippen LogP contribution is -2.35. The van der Waals surface area contributed by atoms with Crippen molar-refractivity contribution < 1.29 is 0 Å². The second-order valence-corrected chi connectivity index (χ2v) is 5.50. The molecular formula is C11H11BrCl2N2. The van der Waals surface area contributed by atoms with Gasteiger partial charge in [0, 0.05) is 17.4 Å². The first-order chi connectivity index (χ1) is 7.59. The number of benzene rings is 1. The molecule has 0 unspecified atom stereocenters. The minimum Gasteiger partial charge on any atom is -0.328 e. The minimum absolute atomic E-state index is 0.589. The molecule has 1 heterocycles. The second-order valence-electron chi connectivity index (χ2n) is 3.77. The Hall–Kier alpha value is -0.250. The van der Waals surface area contributed by atoms with Crippen LogP contribution >= 0.6 is 39.1 Å². The van der Waals surface area contributed by atoms with Crippen molar-refractivity contribution in [3.8, 4) is 0 Å². The van der Waals surface area contributed by atoms with Gasteiger partial charge in [0.1, 0.15) is 5.84 Å². The number of hydrogen-bond acceptors (Lipinski definition) is 1. The molecule has 0 radical (unpaired) electrons. The summed E-state index contributed by atoms with van der Waals surface area (Å²) in [5, 5.41) is 9.11. The van der Waals surface area contributed by atoms with Crippen molar-refractivity contribution in [3.63, 3.8) is 0 Å². The highest BCUT2D eigenvalue weighted by Gasteiger charge is 2.21. The number of hydrogen-bond donors (Lipinski definition) is 1. The number of halogens is 3. The Morgan fingerprint density at radius 1 is 1.19 bits per heavy atom. The highest BCUT2D eigenvalue weighted by Crippen LogP contribution is 2.38. The first-order valence-corrected chi connectivity index (χ1v) is 6.64. The van der Waals surface area contributed by atoms with Crippen molar-refractivity contribution in [2.24, 2.45) is 0 Å². The van der Waals surface area contributed by atoms with Gasteiger partial charge in [-0.25, -0.2) is 0 Å². The Balaban J connectivity index is 2.42. The van der Waals surface area contributed by atoms with Crippen molar-refractivity contribution in [1.29, 1.82) is 5.41 Å². The molecule has 0 spiro atoms. The van der Waals surface area contributed by atoms with E-state index in [1.165, 1.54) is 0 Å². The van der Waals surface area contributed by atoms with Crippen LogP contribution < -0.4 is 4.90 Å². The largest absolute Gasteiger partial charge is 0.328 e. The van der Waals surface area contributed by atoms with E-state index in [0.29, 0.717) is 15.9 Å². The molecule has 1 aromatic rings. The van der Waals surface area contributed by atoms with Gasteiger partial charge in [-0.15, -0.1) is 0 Å². The van der Waals surface area contributed by atoms with Gasteiger partial charge in [0.25, 0.3) is 0 Å². The standard InChI is InChI=1S/C11H11BrCl2N2/c12-7-5-8(13)11(9(14)6-7)16-4-2-1-3-10(16)15/h5-6,15H,1-4H2. The SMILES string of the molecule is N=C1CCCCN1c1c(Cl)cc(Br)cc1Cl. The van der Waals surface area contributed by atoms with Crippen LogP contribution in [0.5, 0.6) is 0 Å². The molecule has 16 heavy (non-hydrogen) atoms. The molecule has 0 bridgehead atoms. The highest BCUT2D eigenvalue weighted by molar-refractivity contribution is 9.10. The molecule has 1 saturated heterocycles. The summed E-state index contributed by atoms with van der Waals surface area (Å²) in [5.74, 6) is 0.595. The van der Waals surface area contributed by atoms with Crippen molar-refractivity contribution in [2.45, 2.75) is 19.3 Å². The van der Waals surface area contributed by atoms with E-state index in [0.717, 1.165) is 36.0 Å². The fourth-order valence-corrected chi connectivity index (χ4v) is 3.28. The van der Waals surface area contributed by atoms with Crippen LogP contribution in [0.2, 0.25) is 10.0 Å². The first-order valence-electron chi connectivity index (χ1n) is 5.09. The molecule has 0 amide bonds. The second kappa shape index (κ2) is 4.94. The average molecular weight is 322 g/mol. The van der Waals surface area contributed by atoms with Gasteiger partial charge >= 0.3 is 0 Å². The minimum atomic E-state index is 0.589. The topological polar surface area (TPSA) is 27.1 Å². The van der Waals surface area contributed by atoms with Gasteiger partial charge in [-0.2, -0.15) is 0 Å². The summed E-state index contributed by atoms with van der Waals surface area (Å²) in [4.78, 5) is 1.90. The van der Waals surface area contributed by atoms with E-state index in [-0.39, 0.29) is 0 Å². The van der Waals surface area contributed by atoms with Gasteiger partial charge in [0.2, 0.25) is 0 Å². The van der Waals surface area contributed by atoms with Crippen molar-refractivity contribution in [2.75, 3.05) is 11.4 Å². The normalized spacial score (nSPS) is 16.7. The number of rotatable bonds is 1. The summed E-state index contributed by atoms with van der Waals surface area (Å²) in [6.07, 6.45) is 2.94. The van der Waals surface area contributed by atoms with E-state index < -0.39 is 0 Å². The number of amidine groups is 1. The number of nitrogens with one attached hydrogen (secondary N) is 1. The van der Waals surface area contributed by atoms with Crippen LogP contribution in [0.3, 0.4) is 0 Å². The smallest absolute Gasteiger partial charge is 0.100 e. The Morgan fingerprint density at radius 3 is 2.38 bits per heavy atom. The third-order valence-electron chi connectivity index (χ3n) is 2.62. The molecule has 0 aliphatic carbocycles. The first kappa shape index (κ1) is 12.2. The molecule has 5 heteroatoms. The van der Waals surface area contributed by atoms with E-state index in [2.05, 4.69) is 15.9 Å². The average Bonchev–Trinajstić information content (AvgIpc) is 2.19. The Kier molecular flexibility index (Phi) is 3.77. The van der Waals surface area contributed by atoms with Crippen LogP contribution in [-0.2, 0) is 0 Å². The van der Waals surface area contributed by atoms with Gasteiger partial charge in [0.05, 0.1) is 15.7 Å². The van der Waals surface area contributed by atoms with Crippen LogP contribution in [0.4, 0.5) is 5.69 Å². The summed E-state index contributed by atoms with van der Waals surface area (Å²) < 4.78 is 0.856. The third-order valence-corrected chi connectivity index (χ3v) is 3.66. The molecule has 1 fully saturated rings. The van der Waals surface area contributed by atoms with Crippen molar-refractivity contribution >= 4 is 50.7 Å². The summed E-state index contributed by atoms with van der Waals surface area (Å²) in [6, 6.07) is 3.62. The van der Waals surface area contributed by atoms with E-state index in [1.807, 2.05) is 17.0 Å². The molecule has 86 valence electrons. The molecular weight excluding hydrogens is 311 g/mol. The zero-order valence-electron chi connectivity index (χ0n) is 8.56. The van der Waals surface area contributed by atoms with Gasteiger partial charge < -0.3 is 4.90 Å². The molecule has 1 aliphatic heterocycles. The lowest BCUT2D eigenvalue weighted by atomic mass is 10.1. The maximum atomic E-state index is 7.93. The maximum Gasteiger partial charge on any atom is 0.100 e. The van der Waals surface area contributed by atoms with Gasteiger partial charge in [0.15, 0.2) is 0 Å². The molecule has 0 aromatic heterocycles. The fraction of sp³-hybridized carbons (Fsp3) is 0.364. The lowest BCUT2D eigenvalue weighted by Gasteiger charge is -2.30. The third kappa shape index (κ3) is 2.36. The zero-order chi connectivity index (χ0) is 11.7. The summed E-state index contributed by atoms with van der Waals surface area (Å²) in [6.45, 7) is 0.819. The number of piperidine rings is 1. The van der Waals surface area contributed by atoms with Crippen molar-refractivity contribution in [1.82, 2.24) is 0 Å². The molecule has 0 saturated carbocycles. The predicted octanol–water partition coefficient (Wildman–Crippen LogP) is 4.72.